The molecule has 2 N–H and O–H groups in total. The van der Waals surface area contributed by atoms with Crippen molar-refractivity contribution in [3.63, 3.8) is 0 Å². The van der Waals surface area contributed by atoms with Gasteiger partial charge in [0.25, 0.3) is 0 Å². The van der Waals surface area contributed by atoms with Crippen molar-refractivity contribution in [3.8, 4) is 0 Å². The first kappa shape index (κ1) is 12.7. The highest BCUT2D eigenvalue weighted by Gasteiger charge is 2.37. The second-order valence-corrected chi connectivity index (χ2v) is 5.00. The van der Waals surface area contributed by atoms with Crippen molar-refractivity contribution in [2.45, 2.75) is 25.4 Å². The molecule has 0 saturated carbocycles. The Morgan fingerprint density at radius 2 is 2.25 bits per heavy atom. The molecule has 2 aliphatic heterocycles. The molecule has 0 fully saturated rings. The average Bonchev–Trinajstić information content (AvgIpc) is 2.93. The minimum atomic E-state index is -0.987. The maximum Gasteiger partial charge on any atom is 0.326 e. The molecule has 1 aromatic rings. The highest BCUT2D eigenvalue weighted by atomic mass is 16.4. The van der Waals surface area contributed by atoms with Gasteiger partial charge in [-0.05, 0) is 6.42 Å². The van der Waals surface area contributed by atoms with Crippen LogP contribution >= 0.6 is 0 Å². The van der Waals surface area contributed by atoms with Crippen LogP contribution in [-0.2, 0) is 17.8 Å². The lowest BCUT2D eigenvalue weighted by Crippen LogP contribution is -2.54. The van der Waals surface area contributed by atoms with E-state index in [1.54, 1.807) is 11.2 Å². The Kier molecular flexibility index (Phi) is 3.17. The number of hydrogen-bond acceptors (Lipinski definition) is 3. The van der Waals surface area contributed by atoms with Gasteiger partial charge < -0.3 is 19.9 Å². The van der Waals surface area contributed by atoms with Crippen LogP contribution in [0.3, 0.4) is 0 Å². The topological polar surface area (TPSA) is 89.5 Å². The smallest absolute Gasteiger partial charge is 0.326 e. The largest absolute Gasteiger partial charge is 0.480 e. The second kappa shape index (κ2) is 4.99. The van der Waals surface area contributed by atoms with Gasteiger partial charge in [0.1, 0.15) is 6.04 Å². The van der Waals surface area contributed by atoms with E-state index in [0.717, 1.165) is 17.8 Å². The summed E-state index contributed by atoms with van der Waals surface area (Å²) >= 11 is 0. The molecular weight excluding hydrogens is 260 g/mol. The number of carbonyl (C=O) groups excluding carboxylic acids is 1. The van der Waals surface area contributed by atoms with Crippen LogP contribution in [0.1, 0.15) is 17.8 Å². The molecule has 1 unspecified atom stereocenters. The lowest BCUT2D eigenvalue weighted by Gasteiger charge is -2.36. The SMILES string of the molecule is O=C(O)C1Cc2nc[nH]c2CN1C(=O)N1CC=CCC1. The minimum Gasteiger partial charge on any atom is -0.480 e. The molecule has 3 rings (SSSR count). The number of carbonyl (C=O) groups is 2. The third-order valence-corrected chi connectivity index (χ3v) is 3.76. The molecule has 20 heavy (non-hydrogen) atoms. The van der Waals surface area contributed by atoms with Crippen LogP contribution in [-0.4, -0.2) is 56.0 Å². The van der Waals surface area contributed by atoms with Gasteiger partial charge >= 0.3 is 12.0 Å². The number of H-pyrrole nitrogens is 1. The molecule has 2 aliphatic rings. The fraction of sp³-hybridized carbons (Fsp3) is 0.462. The molecule has 1 atom stereocenters. The van der Waals surface area contributed by atoms with E-state index in [9.17, 15) is 14.7 Å². The van der Waals surface area contributed by atoms with Crippen molar-refractivity contribution in [3.05, 3.63) is 29.9 Å². The first-order chi connectivity index (χ1) is 9.66. The van der Waals surface area contributed by atoms with Gasteiger partial charge in [-0.1, -0.05) is 12.2 Å². The maximum atomic E-state index is 12.5. The molecule has 1 aromatic heterocycles. The summed E-state index contributed by atoms with van der Waals surface area (Å²) in [6.45, 7) is 1.44. The van der Waals surface area contributed by atoms with Crippen LogP contribution in [0.25, 0.3) is 0 Å². The molecule has 7 heteroatoms. The van der Waals surface area contributed by atoms with Crippen molar-refractivity contribution in [2.75, 3.05) is 13.1 Å². The van der Waals surface area contributed by atoms with E-state index in [-0.39, 0.29) is 19.0 Å². The Bertz CT molecular complexity index is 566. The fourth-order valence-electron chi connectivity index (χ4n) is 2.65. The predicted octanol–water partition coefficient (Wildman–Crippen LogP) is 0.603. The minimum absolute atomic E-state index is 0.220. The summed E-state index contributed by atoms with van der Waals surface area (Å²) in [5, 5.41) is 9.35. The number of urea groups is 1. The van der Waals surface area contributed by atoms with Gasteiger partial charge in [0.05, 0.1) is 24.3 Å². The van der Waals surface area contributed by atoms with Crippen LogP contribution in [0.4, 0.5) is 4.79 Å². The third kappa shape index (κ3) is 2.15. The molecule has 0 bridgehead atoms. The second-order valence-electron chi connectivity index (χ2n) is 5.00. The number of carboxylic acid groups (broad SMARTS) is 1. The fourth-order valence-corrected chi connectivity index (χ4v) is 2.65. The first-order valence-corrected chi connectivity index (χ1v) is 6.61. The molecule has 0 spiro atoms. The Hall–Kier alpha value is -2.31. The molecule has 3 heterocycles. The predicted molar refractivity (Wildman–Crippen MR) is 70.0 cm³/mol. The van der Waals surface area contributed by atoms with Crippen molar-refractivity contribution in [1.82, 2.24) is 19.8 Å². The number of rotatable bonds is 1. The number of fused-ring (bicyclic) bond motifs is 1. The van der Waals surface area contributed by atoms with Crippen LogP contribution in [0.5, 0.6) is 0 Å². The lowest BCUT2D eigenvalue weighted by molar-refractivity contribution is -0.142. The summed E-state index contributed by atoms with van der Waals surface area (Å²) in [5.41, 5.74) is 1.56. The Balaban J connectivity index is 1.84. The highest BCUT2D eigenvalue weighted by Crippen LogP contribution is 2.22. The average molecular weight is 276 g/mol. The van der Waals surface area contributed by atoms with Crippen molar-refractivity contribution in [1.29, 1.82) is 0 Å². The van der Waals surface area contributed by atoms with Crippen LogP contribution < -0.4 is 0 Å². The highest BCUT2D eigenvalue weighted by molar-refractivity contribution is 5.83. The normalized spacial score (nSPS) is 21.7. The summed E-state index contributed by atoms with van der Waals surface area (Å²) in [5.74, 6) is -0.987. The third-order valence-electron chi connectivity index (χ3n) is 3.76. The van der Waals surface area contributed by atoms with Crippen molar-refractivity contribution >= 4 is 12.0 Å². The lowest BCUT2D eigenvalue weighted by atomic mass is 10.0. The molecule has 0 aromatic carbocycles. The Morgan fingerprint density at radius 1 is 1.40 bits per heavy atom. The summed E-state index contributed by atoms with van der Waals surface area (Å²) in [6, 6.07) is -1.06. The van der Waals surface area contributed by atoms with Gasteiger partial charge in [-0.2, -0.15) is 0 Å². The summed E-state index contributed by atoms with van der Waals surface area (Å²) < 4.78 is 0. The number of nitrogens with zero attached hydrogens (tertiary/aromatic N) is 3. The van der Waals surface area contributed by atoms with Crippen LogP contribution in [0.2, 0.25) is 0 Å². The number of aromatic amines is 1. The van der Waals surface area contributed by atoms with E-state index in [0.29, 0.717) is 13.1 Å². The van der Waals surface area contributed by atoms with E-state index in [1.165, 1.54) is 4.90 Å². The van der Waals surface area contributed by atoms with E-state index in [2.05, 4.69) is 9.97 Å². The van der Waals surface area contributed by atoms with Gasteiger partial charge in [-0.15, -0.1) is 0 Å². The molecular formula is C13H16N4O3. The van der Waals surface area contributed by atoms with Crippen molar-refractivity contribution in [2.24, 2.45) is 0 Å². The molecule has 7 nitrogen and oxygen atoms in total. The molecule has 0 aliphatic carbocycles. The standard InChI is InChI=1S/C13H16N4O3/c18-12(19)11-6-9-10(15-8-14-9)7-17(11)13(20)16-4-2-1-3-5-16/h1-2,8,11H,3-7H2,(H,14,15)(H,18,19). The first-order valence-electron chi connectivity index (χ1n) is 6.61. The van der Waals surface area contributed by atoms with Gasteiger partial charge in [-0.3, -0.25) is 0 Å². The molecule has 0 radical (unpaired) electrons. The van der Waals surface area contributed by atoms with Gasteiger partial charge in [0.2, 0.25) is 0 Å². The molecule has 2 amide bonds. The Labute approximate surface area is 115 Å². The number of carboxylic acids is 1. The summed E-state index contributed by atoms with van der Waals surface area (Å²) in [4.78, 5) is 34.1. The van der Waals surface area contributed by atoms with E-state index in [4.69, 9.17) is 0 Å². The zero-order valence-electron chi connectivity index (χ0n) is 11.0. The summed E-state index contributed by atoms with van der Waals surface area (Å²) in [7, 11) is 0. The molecule has 0 saturated heterocycles. The van der Waals surface area contributed by atoms with E-state index < -0.39 is 12.0 Å². The van der Waals surface area contributed by atoms with Crippen LogP contribution in [0, 0.1) is 0 Å². The number of imidazole rings is 1. The van der Waals surface area contributed by atoms with E-state index >= 15 is 0 Å². The zero-order valence-corrected chi connectivity index (χ0v) is 11.0. The quantitative estimate of drug-likeness (QED) is 0.735. The van der Waals surface area contributed by atoms with Gasteiger partial charge in [0, 0.05) is 19.5 Å². The number of aromatic nitrogens is 2. The van der Waals surface area contributed by atoms with Crippen molar-refractivity contribution < 1.29 is 14.7 Å². The zero-order chi connectivity index (χ0) is 14.1. The maximum absolute atomic E-state index is 12.5. The number of hydrogen-bond donors (Lipinski definition) is 2. The Morgan fingerprint density at radius 3 is 2.95 bits per heavy atom. The number of amides is 2. The van der Waals surface area contributed by atoms with Gasteiger partial charge in [0.15, 0.2) is 0 Å². The summed E-state index contributed by atoms with van der Waals surface area (Å²) in [6.07, 6.45) is 6.57. The molecule has 106 valence electrons. The number of aliphatic carboxylic acids is 1. The monoisotopic (exact) mass is 276 g/mol. The van der Waals surface area contributed by atoms with Crippen LogP contribution in [0.15, 0.2) is 18.5 Å². The van der Waals surface area contributed by atoms with Gasteiger partial charge in [-0.25, -0.2) is 14.6 Å². The number of nitrogens with one attached hydrogen (secondary N) is 1. The van der Waals surface area contributed by atoms with E-state index in [1.807, 2.05) is 12.2 Å².